The van der Waals surface area contributed by atoms with Crippen molar-refractivity contribution in [1.82, 2.24) is 0 Å². The number of carboxylic acids is 1. The van der Waals surface area contributed by atoms with Crippen molar-refractivity contribution in [3.8, 4) is 5.75 Å². The summed E-state index contributed by atoms with van der Waals surface area (Å²) in [6, 6.07) is 11.9. The molecule has 3 nitrogen and oxygen atoms in total. The number of benzene rings is 2. The Morgan fingerprint density at radius 3 is 2.61 bits per heavy atom. The van der Waals surface area contributed by atoms with Crippen LogP contribution in [-0.2, 0) is 4.79 Å². The van der Waals surface area contributed by atoms with Gasteiger partial charge >= 0.3 is 5.97 Å². The molecule has 1 aliphatic rings. The molecule has 31 heavy (non-hydrogen) atoms. The second kappa shape index (κ2) is 11.1. The molecule has 2 aromatic rings. The van der Waals surface area contributed by atoms with E-state index in [1.807, 2.05) is 49.4 Å². The van der Waals surface area contributed by atoms with Crippen LogP contribution in [0.5, 0.6) is 5.75 Å². The lowest BCUT2D eigenvalue weighted by molar-refractivity contribution is -0.132. The number of ether oxygens (including phenoxy) is 1. The summed E-state index contributed by atoms with van der Waals surface area (Å²) < 4.78 is 6.26. The maximum atomic E-state index is 10.9. The Balaban J connectivity index is 1.57. The molecule has 0 aliphatic heterocycles. The number of halogens is 2. The predicted octanol–water partition coefficient (Wildman–Crippen LogP) is 7.65. The van der Waals surface area contributed by atoms with Gasteiger partial charge in [-0.2, -0.15) is 0 Å². The number of rotatable bonds is 9. The number of aliphatic carboxylic acids is 1. The van der Waals surface area contributed by atoms with Gasteiger partial charge in [-0.15, -0.1) is 11.6 Å². The fourth-order valence-electron chi connectivity index (χ4n) is 4.32. The second-order valence-corrected chi connectivity index (χ2v) is 9.45. The Bertz CT molecular complexity index is 980. The van der Waals surface area contributed by atoms with Gasteiger partial charge in [-0.05, 0) is 69.9 Å². The first-order valence-corrected chi connectivity index (χ1v) is 11.7. The van der Waals surface area contributed by atoms with Crippen LogP contribution in [0.4, 0.5) is 0 Å². The number of alkyl halides is 1. The zero-order chi connectivity index (χ0) is 22.4. The largest absolute Gasteiger partial charge is 0.493 e. The molecule has 0 radical (unpaired) electrons. The van der Waals surface area contributed by atoms with E-state index in [4.69, 9.17) is 33.0 Å². The average Bonchev–Trinajstić information content (AvgIpc) is 3.11. The van der Waals surface area contributed by atoms with Crippen LogP contribution in [0.15, 0.2) is 59.7 Å². The first kappa shape index (κ1) is 23.7. The molecule has 0 bridgehead atoms. The number of carbonyl (C=O) groups is 1. The molecule has 166 valence electrons. The Morgan fingerprint density at radius 1 is 1.13 bits per heavy atom. The van der Waals surface area contributed by atoms with E-state index in [-0.39, 0.29) is 5.38 Å². The van der Waals surface area contributed by atoms with Crippen molar-refractivity contribution in [2.24, 2.45) is 11.8 Å². The maximum Gasteiger partial charge on any atom is 0.331 e. The summed E-state index contributed by atoms with van der Waals surface area (Å²) >= 11 is 13.0. The minimum absolute atomic E-state index is 0.189. The number of carboxylic acid groups (broad SMARTS) is 1. The average molecular weight is 461 g/mol. The quantitative estimate of drug-likeness (QED) is 0.237. The molecule has 0 heterocycles. The van der Waals surface area contributed by atoms with Crippen LogP contribution in [0.25, 0.3) is 10.8 Å². The maximum absolute atomic E-state index is 10.9. The van der Waals surface area contributed by atoms with E-state index >= 15 is 0 Å². The SMILES string of the molecule is C/C(=C\C=C(/C)C(=O)O)CCC[C@H]1C(Cl)CCC1COc1ccc(Cl)c2ccccc12. The Morgan fingerprint density at radius 2 is 1.87 bits per heavy atom. The van der Waals surface area contributed by atoms with Gasteiger partial charge in [0.25, 0.3) is 0 Å². The topological polar surface area (TPSA) is 46.5 Å². The van der Waals surface area contributed by atoms with Gasteiger partial charge in [-0.25, -0.2) is 4.79 Å². The zero-order valence-electron chi connectivity index (χ0n) is 18.1. The molecule has 1 fully saturated rings. The van der Waals surface area contributed by atoms with E-state index in [0.29, 0.717) is 24.0 Å². The summed E-state index contributed by atoms with van der Waals surface area (Å²) in [7, 11) is 0. The number of fused-ring (bicyclic) bond motifs is 1. The van der Waals surface area contributed by atoms with Gasteiger partial charge in [0.1, 0.15) is 5.75 Å². The molecule has 1 N–H and O–H groups in total. The molecular weight excluding hydrogens is 431 g/mol. The highest BCUT2D eigenvalue weighted by molar-refractivity contribution is 6.35. The Labute approximate surface area is 194 Å². The van der Waals surface area contributed by atoms with Crippen molar-refractivity contribution in [2.75, 3.05) is 6.61 Å². The molecule has 0 aromatic heterocycles. The van der Waals surface area contributed by atoms with Gasteiger partial charge in [-0.1, -0.05) is 53.6 Å². The fraction of sp³-hybridized carbons (Fsp3) is 0.423. The molecule has 0 amide bonds. The lowest BCUT2D eigenvalue weighted by Gasteiger charge is -2.22. The van der Waals surface area contributed by atoms with Gasteiger partial charge < -0.3 is 9.84 Å². The van der Waals surface area contributed by atoms with Gasteiger partial charge in [0, 0.05) is 26.7 Å². The molecule has 2 unspecified atom stereocenters. The number of allylic oxidation sites excluding steroid dienone is 3. The third-order valence-electron chi connectivity index (χ3n) is 6.23. The Kier molecular flexibility index (Phi) is 8.45. The van der Waals surface area contributed by atoms with Gasteiger partial charge in [0.05, 0.1) is 6.61 Å². The summed E-state index contributed by atoms with van der Waals surface area (Å²) in [5.41, 5.74) is 1.54. The van der Waals surface area contributed by atoms with E-state index < -0.39 is 5.97 Å². The third-order valence-corrected chi connectivity index (χ3v) is 7.10. The Hall–Kier alpha value is -1.97. The second-order valence-electron chi connectivity index (χ2n) is 8.48. The standard InChI is InChI=1S/C26H30Cl2O3/c1-17(10-11-18(2)26(29)30)6-5-9-20-19(12-13-23(20)27)16-31-25-15-14-24(28)21-7-3-4-8-22(21)25/h3-4,7-8,10-11,14-15,19-20,23H,5-6,9,12-13,16H2,1-2H3,(H,29,30)/b17-10+,18-11+/t19?,20-,23?/m1/s1. The van der Waals surface area contributed by atoms with Crippen LogP contribution in [0.1, 0.15) is 46.0 Å². The third kappa shape index (κ3) is 6.27. The van der Waals surface area contributed by atoms with Crippen molar-refractivity contribution in [3.63, 3.8) is 0 Å². The molecular formula is C26H30Cl2O3. The van der Waals surface area contributed by atoms with E-state index in [9.17, 15) is 4.79 Å². The highest BCUT2D eigenvalue weighted by Crippen LogP contribution is 2.40. The number of hydrogen-bond donors (Lipinski definition) is 1. The minimum atomic E-state index is -0.878. The van der Waals surface area contributed by atoms with E-state index in [0.717, 1.165) is 53.6 Å². The fourth-order valence-corrected chi connectivity index (χ4v) is 5.00. The van der Waals surface area contributed by atoms with Crippen LogP contribution in [-0.4, -0.2) is 23.1 Å². The van der Waals surface area contributed by atoms with Gasteiger partial charge in [0.2, 0.25) is 0 Å². The van der Waals surface area contributed by atoms with Crippen LogP contribution in [0.3, 0.4) is 0 Å². The van der Waals surface area contributed by atoms with Crippen LogP contribution in [0.2, 0.25) is 5.02 Å². The first-order chi connectivity index (χ1) is 14.9. The molecule has 1 aliphatic carbocycles. The highest BCUT2D eigenvalue weighted by atomic mass is 35.5. The number of hydrogen-bond acceptors (Lipinski definition) is 2. The van der Waals surface area contributed by atoms with Crippen molar-refractivity contribution in [3.05, 3.63) is 64.7 Å². The van der Waals surface area contributed by atoms with Crippen molar-refractivity contribution < 1.29 is 14.6 Å². The molecule has 3 atom stereocenters. The van der Waals surface area contributed by atoms with Crippen molar-refractivity contribution in [2.45, 2.75) is 51.3 Å². The lowest BCUT2D eigenvalue weighted by atomic mass is 9.90. The lowest BCUT2D eigenvalue weighted by Crippen LogP contribution is -2.21. The predicted molar refractivity (Wildman–Crippen MR) is 129 cm³/mol. The molecule has 5 heteroatoms. The molecule has 0 saturated heterocycles. The zero-order valence-corrected chi connectivity index (χ0v) is 19.6. The highest BCUT2D eigenvalue weighted by Gasteiger charge is 2.34. The molecule has 2 aromatic carbocycles. The molecule has 0 spiro atoms. The summed E-state index contributed by atoms with van der Waals surface area (Å²) in [4.78, 5) is 10.9. The van der Waals surface area contributed by atoms with Gasteiger partial charge in [-0.3, -0.25) is 0 Å². The smallest absolute Gasteiger partial charge is 0.331 e. The normalized spacial score (nSPS) is 22.1. The summed E-state index contributed by atoms with van der Waals surface area (Å²) in [6.07, 6.45) is 8.72. The van der Waals surface area contributed by atoms with E-state index in [1.54, 1.807) is 13.0 Å². The van der Waals surface area contributed by atoms with Crippen molar-refractivity contribution >= 4 is 39.9 Å². The molecule has 1 saturated carbocycles. The van der Waals surface area contributed by atoms with E-state index in [2.05, 4.69) is 0 Å². The van der Waals surface area contributed by atoms with E-state index in [1.165, 1.54) is 5.57 Å². The minimum Gasteiger partial charge on any atom is -0.493 e. The van der Waals surface area contributed by atoms with Crippen LogP contribution in [0, 0.1) is 11.8 Å². The first-order valence-electron chi connectivity index (χ1n) is 10.9. The van der Waals surface area contributed by atoms with Crippen LogP contribution < -0.4 is 4.74 Å². The summed E-state index contributed by atoms with van der Waals surface area (Å²) in [6.45, 7) is 4.32. The monoisotopic (exact) mass is 460 g/mol. The summed E-state index contributed by atoms with van der Waals surface area (Å²) in [5.74, 6) is 0.868. The van der Waals surface area contributed by atoms with Crippen molar-refractivity contribution in [1.29, 1.82) is 0 Å². The summed E-state index contributed by atoms with van der Waals surface area (Å²) in [5, 5.41) is 11.9. The van der Waals surface area contributed by atoms with Crippen LogP contribution >= 0.6 is 23.2 Å². The molecule has 3 rings (SSSR count). The van der Waals surface area contributed by atoms with Gasteiger partial charge in [0.15, 0.2) is 0 Å².